The van der Waals surface area contributed by atoms with Crippen molar-refractivity contribution in [1.29, 1.82) is 0 Å². The van der Waals surface area contributed by atoms with Crippen molar-refractivity contribution in [2.45, 2.75) is 26.1 Å². The van der Waals surface area contributed by atoms with Crippen LogP contribution in [0.1, 0.15) is 22.5 Å². The third-order valence-electron chi connectivity index (χ3n) is 6.67. The molecule has 10 heteroatoms. The maximum absolute atomic E-state index is 13.7. The molecule has 0 aliphatic rings. The zero-order chi connectivity index (χ0) is 28.5. The van der Waals surface area contributed by atoms with Gasteiger partial charge in [0.05, 0.1) is 36.5 Å². The molecule has 0 bridgehead atoms. The summed E-state index contributed by atoms with van der Waals surface area (Å²) < 4.78 is 51.7. The van der Waals surface area contributed by atoms with Gasteiger partial charge >= 0.3 is 6.18 Å². The number of methoxy groups -OCH3 is 2. The fourth-order valence-corrected chi connectivity index (χ4v) is 4.51. The Morgan fingerprint density at radius 1 is 0.925 bits per heavy atom. The minimum absolute atomic E-state index is 0.132. The average molecular weight is 554 g/mol. The molecule has 0 saturated heterocycles. The van der Waals surface area contributed by atoms with Gasteiger partial charge in [-0.05, 0) is 48.7 Å². The molecule has 40 heavy (non-hydrogen) atoms. The molecule has 0 radical (unpaired) electrons. The minimum Gasteiger partial charge on any atom is -0.383 e. The largest absolute Gasteiger partial charge is 0.418 e. The predicted molar refractivity (Wildman–Crippen MR) is 150 cm³/mol. The van der Waals surface area contributed by atoms with E-state index < -0.39 is 11.7 Å². The molecule has 4 rings (SSSR count). The van der Waals surface area contributed by atoms with Crippen molar-refractivity contribution in [1.82, 2.24) is 19.9 Å². The van der Waals surface area contributed by atoms with E-state index in [0.717, 1.165) is 17.9 Å². The van der Waals surface area contributed by atoms with Crippen LogP contribution in [0.4, 0.5) is 19.0 Å². The lowest BCUT2D eigenvalue weighted by atomic mass is 10.0. The lowest BCUT2D eigenvalue weighted by Gasteiger charge is -2.21. The van der Waals surface area contributed by atoms with Crippen molar-refractivity contribution in [3.05, 3.63) is 83.3 Å². The van der Waals surface area contributed by atoms with Gasteiger partial charge in [0.2, 0.25) is 0 Å². The summed E-state index contributed by atoms with van der Waals surface area (Å²) in [5, 5.41) is 4.17. The van der Waals surface area contributed by atoms with Gasteiger partial charge in [0.25, 0.3) is 0 Å². The highest BCUT2D eigenvalue weighted by Gasteiger charge is 2.34. The van der Waals surface area contributed by atoms with E-state index in [1.54, 1.807) is 32.4 Å². The van der Waals surface area contributed by atoms with Gasteiger partial charge in [0, 0.05) is 51.0 Å². The van der Waals surface area contributed by atoms with Gasteiger partial charge in [-0.1, -0.05) is 30.3 Å². The SMILES string of the molecule is COCCN(CCOC)Cc1nc(NCCc2ccccc2C)c2ccc(-c3ncccc3C(F)(F)F)cc2n1. The highest BCUT2D eigenvalue weighted by atomic mass is 19.4. The molecular weight excluding hydrogens is 519 g/mol. The summed E-state index contributed by atoms with van der Waals surface area (Å²) in [6.45, 7) is 5.51. The Balaban J connectivity index is 1.71. The van der Waals surface area contributed by atoms with Crippen LogP contribution in [-0.4, -0.2) is 66.9 Å². The Bertz CT molecular complexity index is 1410. The Morgan fingerprint density at radius 3 is 2.38 bits per heavy atom. The molecule has 2 aromatic heterocycles. The number of alkyl halides is 3. The molecule has 0 spiro atoms. The highest BCUT2D eigenvalue weighted by Crippen LogP contribution is 2.36. The third-order valence-corrected chi connectivity index (χ3v) is 6.67. The number of pyridine rings is 1. The van der Waals surface area contributed by atoms with Crippen LogP contribution in [0, 0.1) is 6.92 Å². The van der Waals surface area contributed by atoms with Crippen molar-refractivity contribution in [3.63, 3.8) is 0 Å². The van der Waals surface area contributed by atoms with E-state index in [-0.39, 0.29) is 5.69 Å². The average Bonchev–Trinajstić information content (AvgIpc) is 2.94. The van der Waals surface area contributed by atoms with Crippen molar-refractivity contribution < 1.29 is 22.6 Å². The molecule has 0 aliphatic heterocycles. The van der Waals surface area contributed by atoms with E-state index in [1.807, 2.05) is 12.1 Å². The fraction of sp³-hybridized carbons (Fsp3) is 0.367. The van der Waals surface area contributed by atoms with Gasteiger partial charge in [-0.2, -0.15) is 13.2 Å². The lowest BCUT2D eigenvalue weighted by molar-refractivity contribution is -0.137. The predicted octanol–water partition coefficient (Wildman–Crippen LogP) is 5.77. The number of hydrogen-bond donors (Lipinski definition) is 1. The van der Waals surface area contributed by atoms with Gasteiger partial charge in [-0.25, -0.2) is 9.97 Å². The number of nitrogens with zero attached hydrogens (tertiary/aromatic N) is 4. The number of fused-ring (bicyclic) bond motifs is 1. The van der Waals surface area contributed by atoms with Crippen LogP contribution in [0.3, 0.4) is 0 Å². The first kappa shape index (κ1) is 29.4. The maximum atomic E-state index is 13.7. The first-order chi connectivity index (χ1) is 19.3. The summed E-state index contributed by atoms with van der Waals surface area (Å²) in [6, 6.07) is 15.6. The number of ether oxygens (including phenoxy) is 2. The number of anilines is 1. The van der Waals surface area contributed by atoms with Crippen LogP contribution in [0.25, 0.3) is 22.2 Å². The van der Waals surface area contributed by atoms with Crippen molar-refractivity contribution in [2.75, 3.05) is 52.4 Å². The summed E-state index contributed by atoms with van der Waals surface area (Å²) in [4.78, 5) is 15.8. The van der Waals surface area contributed by atoms with Gasteiger partial charge in [0.15, 0.2) is 0 Å². The number of halogens is 3. The Labute approximate surface area is 232 Å². The second-order valence-electron chi connectivity index (χ2n) is 9.48. The zero-order valence-corrected chi connectivity index (χ0v) is 23.0. The van der Waals surface area contributed by atoms with Crippen molar-refractivity contribution in [2.24, 2.45) is 0 Å². The second-order valence-corrected chi connectivity index (χ2v) is 9.48. The van der Waals surface area contributed by atoms with Gasteiger partial charge in [-0.15, -0.1) is 0 Å². The molecule has 0 atom stereocenters. The number of nitrogens with one attached hydrogen (secondary N) is 1. The number of aryl methyl sites for hydroxylation is 1. The molecule has 7 nitrogen and oxygen atoms in total. The summed E-state index contributed by atoms with van der Waals surface area (Å²) in [5.74, 6) is 1.18. The Kier molecular flexibility index (Phi) is 10.0. The normalized spacial score (nSPS) is 11.9. The molecule has 2 heterocycles. The molecule has 0 saturated carbocycles. The molecule has 0 amide bonds. The third kappa shape index (κ3) is 7.53. The van der Waals surface area contributed by atoms with Gasteiger partial charge in [0.1, 0.15) is 11.6 Å². The molecule has 1 N–H and O–H groups in total. The maximum Gasteiger partial charge on any atom is 0.418 e. The second kappa shape index (κ2) is 13.6. The lowest BCUT2D eigenvalue weighted by Crippen LogP contribution is -2.31. The van der Waals surface area contributed by atoms with Gasteiger partial charge < -0.3 is 14.8 Å². The quantitative estimate of drug-likeness (QED) is 0.225. The smallest absolute Gasteiger partial charge is 0.383 e. The number of benzene rings is 2. The minimum atomic E-state index is -4.53. The molecule has 0 fully saturated rings. The van der Waals surface area contributed by atoms with Crippen LogP contribution in [0.5, 0.6) is 0 Å². The van der Waals surface area contributed by atoms with E-state index in [1.165, 1.54) is 23.4 Å². The van der Waals surface area contributed by atoms with E-state index in [2.05, 4.69) is 34.3 Å². The van der Waals surface area contributed by atoms with Crippen LogP contribution in [0.15, 0.2) is 60.8 Å². The van der Waals surface area contributed by atoms with Crippen molar-refractivity contribution >= 4 is 16.7 Å². The first-order valence-electron chi connectivity index (χ1n) is 13.1. The van der Waals surface area contributed by atoms with E-state index in [4.69, 9.17) is 19.4 Å². The van der Waals surface area contributed by atoms with Crippen LogP contribution in [-0.2, 0) is 28.6 Å². The molecule has 212 valence electrons. The monoisotopic (exact) mass is 553 g/mol. The van der Waals surface area contributed by atoms with Gasteiger partial charge in [-0.3, -0.25) is 9.88 Å². The zero-order valence-electron chi connectivity index (χ0n) is 23.0. The summed E-state index contributed by atoms with van der Waals surface area (Å²) in [6.07, 6.45) is -2.37. The Morgan fingerprint density at radius 2 is 1.68 bits per heavy atom. The standard InChI is InChI=1S/C30H34F3N5O2/c1-21-7-4-5-8-22(21)12-14-35-29-24-11-10-23(28-25(30(31,32)33)9-6-13-34-28)19-26(24)36-27(37-29)20-38(15-17-39-2)16-18-40-3/h4-11,13,19H,12,14-18,20H2,1-3H3,(H,35,36,37). The fourth-order valence-electron chi connectivity index (χ4n) is 4.51. The first-order valence-corrected chi connectivity index (χ1v) is 13.1. The van der Waals surface area contributed by atoms with Crippen LogP contribution < -0.4 is 5.32 Å². The summed E-state index contributed by atoms with van der Waals surface area (Å²) in [7, 11) is 3.29. The molecule has 4 aromatic rings. The highest BCUT2D eigenvalue weighted by molar-refractivity contribution is 5.92. The number of hydrogen-bond acceptors (Lipinski definition) is 7. The Hall–Kier alpha value is -3.60. The van der Waals surface area contributed by atoms with Crippen LogP contribution in [0.2, 0.25) is 0 Å². The molecule has 0 unspecified atom stereocenters. The van der Waals surface area contributed by atoms with E-state index in [9.17, 15) is 13.2 Å². The van der Waals surface area contributed by atoms with E-state index in [0.29, 0.717) is 62.1 Å². The van der Waals surface area contributed by atoms with Crippen molar-refractivity contribution in [3.8, 4) is 11.3 Å². The molecular formula is C30H34F3N5O2. The summed E-state index contributed by atoms with van der Waals surface area (Å²) >= 11 is 0. The molecule has 0 aliphatic carbocycles. The number of rotatable bonds is 13. The van der Waals surface area contributed by atoms with Crippen LogP contribution >= 0.6 is 0 Å². The molecule has 2 aromatic carbocycles. The summed E-state index contributed by atoms with van der Waals surface area (Å²) in [5.41, 5.74) is 2.41. The topological polar surface area (TPSA) is 72.4 Å². The van der Waals surface area contributed by atoms with E-state index >= 15 is 0 Å². The number of aromatic nitrogens is 3.